The highest BCUT2D eigenvalue weighted by atomic mass is 16.4. The fraction of sp³-hybridized carbons (Fsp3) is 0. The number of carboxylic acids is 1. The normalized spacial score (nSPS) is 13.0. The third-order valence-corrected chi connectivity index (χ3v) is 4.77. The molecule has 2 amide bonds. The monoisotopic (exact) mass is 397 g/mol. The van der Waals surface area contributed by atoms with Crippen LogP contribution in [0.4, 0.5) is 5.69 Å². The molecule has 0 aliphatic carbocycles. The van der Waals surface area contributed by atoms with Crippen molar-refractivity contribution in [3.05, 3.63) is 107 Å². The smallest absolute Gasteiger partial charge is 0.335 e. The van der Waals surface area contributed by atoms with Gasteiger partial charge in [0.1, 0.15) is 0 Å². The van der Waals surface area contributed by atoms with Crippen LogP contribution in [0.25, 0.3) is 6.08 Å². The van der Waals surface area contributed by atoms with Crippen LogP contribution in [0, 0.1) is 0 Å². The third kappa shape index (κ3) is 3.42. The SMILES string of the molecule is O=C(O)c1ccc2c(c1)C(=O)N(c1ccc(/C=C/C(=O)c3ccccc3)cc1)C2=O. The van der Waals surface area contributed by atoms with Gasteiger partial charge in [-0.05, 0) is 42.0 Å². The summed E-state index contributed by atoms with van der Waals surface area (Å²) in [5.41, 5.74) is 1.86. The average molecular weight is 397 g/mol. The summed E-state index contributed by atoms with van der Waals surface area (Å²) < 4.78 is 0. The Hall–Kier alpha value is -4.32. The summed E-state index contributed by atoms with van der Waals surface area (Å²) in [4.78, 5) is 49.6. The molecule has 0 radical (unpaired) electrons. The molecule has 0 spiro atoms. The number of benzene rings is 3. The first-order chi connectivity index (χ1) is 14.5. The van der Waals surface area contributed by atoms with E-state index >= 15 is 0 Å². The zero-order chi connectivity index (χ0) is 21.3. The van der Waals surface area contributed by atoms with Crippen molar-refractivity contribution >= 4 is 35.3 Å². The Kier molecular flexibility index (Phi) is 4.82. The highest BCUT2D eigenvalue weighted by molar-refractivity contribution is 6.34. The number of carbonyl (C=O) groups is 4. The van der Waals surface area contributed by atoms with Crippen LogP contribution >= 0.6 is 0 Å². The summed E-state index contributed by atoms with van der Waals surface area (Å²) in [5.74, 6) is -2.37. The van der Waals surface area contributed by atoms with Crippen LogP contribution < -0.4 is 4.90 Å². The largest absolute Gasteiger partial charge is 0.478 e. The lowest BCUT2D eigenvalue weighted by molar-refractivity contribution is 0.0696. The van der Waals surface area contributed by atoms with E-state index in [0.29, 0.717) is 11.3 Å². The molecule has 4 rings (SSSR count). The zero-order valence-corrected chi connectivity index (χ0v) is 15.6. The molecule has 0 fully saturated rings. The number of carbonyl (C=O) groups excluding carboxylic acids is 3. The van der Waals surface area contributed by atoms with Gasteiger partial charge in [0.05, 0.1) is 22.4 Å². The molecular formula is C24H15NO5. The molecule has 0 atom stereocenters. The maximum absolute atomic E-state index is 12.7. The van der Waals surface area contributed by atoms with E-state index in [9.17, 15) is 19.2 Å². The molecule has 1 aliphatic rings. The van der Waals surface area contributed by atoms with Gasteiger partial charge in [-0.15, -0.1) is 0 Å². The first-order valence-corrected chi connectivity index (χ1v) is 9.09. The molecule has 0 bridgehead atoms. The number of amides is 2. The van der Waals surface area contributed by atoms with E-state index in [1.54, 1.807) is 54.6 Å². The van der Waals surface area contributed by atoms with Crippen molar-refractivity contribution in [1.82, 2.24) is 0 Å². The van der Waals surface area contributed by atoms with Gasteiger partial charge >= 0.3 is 5.97 Å². The van der Waals surface area contributed by atoms with Gasteiger partial charge in [0.2, 0.25) is 0 Å². The van der Waals surface area contributed by atoms with Gasteiger partial charge in [0.15, 0.2) is 5.78 Å². The second-order valence-electron chi connectivity index (χ2n) is 6.67. The van der Waals surface area contributed by atoms with Crippen molar-refractivity contribution in [2.75, 3.05) is 4.90 Å². The van der Waals surface area contributed by atoms with Gasteiger partial charge < -0.3 is 5.11 Å². The van der Waals surface area contributed by atoms with Crippen LogP contribution in [0.2, 0.25) is 0 Å². The number of allylic oxidation sites excluding steroid dienone is 1. The van der Waals surface area contributed by atoms with Gasteiger partial charge in [-0.3, -0.25) is 14.4 Å². The molecule has 3 aromatic rings. The molecule has 146 valence electrons. The summed E-state index contributed by atoms with van der Waals surface area (Å²) in [7, 11) is 0. The van der Waals surface area contributed by atoms with E-state index in [2.05, 4.69) is 0 Å². The van der Waals surface area contributed by atoms with Crippen LogP contribution in [-0.2, 0) is 0 Å². The quantitative estimate of drug-likeness (QED) is 0.398. The first-order valence-electron chi connectivity index (χ1n) is 9.09. The number of hydrogen-bond donors (Lipinski definition) is 1. The van der Waals surface area contributed by atoms with Gasteiger partial charge in [-0.2, -0.15) is 0 Å². The lowest BCUT2D eigenvalue weighted by atomic mass is 10.1. The highest BCUT2D eigenvalue weighted by Gasteiger charge is 2.37. The van der Waals surface area contributed by atoms with Crippen LogP contribution in [-0.4, -0.2) is 28.7 Å². The standard InChI is InChI=1S/C24H15NO5/c26-21(16-4-2-1-3-5-16)13-8-15-6-10-18(11-7-15)25-22(27)19-12-9-17(24(29)30)14-20(19)23(25)28/h1-14H,(H,29,30)/b13-8+. The number of imide groups is 1. The van der Waals surface area contributed by atoms with Crippen molar-refractivity contribution in [2.45, 2.75) is 0 Å². The molecule has 1 heterocycles. The van der Waals surface area contributed by atoms with Gasteiger partial charge in [0, 0.05) is 5.56 Å². The Morgan fingerprint density at radius 2 is 1.43 bits per heavy atom. The maximum atomic E-state index is 12.7. The minimum atomic E-state index is -1.17. The number of ketones is 1. The lowest BCUT2D eigenvalue weighted by Gasteiger charge is -2.13. The second-order valence-corrected chi connectivity index (χ2v) is 6.67. The fourth-order valence-corrected chi connectivity index (χ4v) is 3.21. The Bertz CT molecular complexity index is 1210. The van der Waals surface area contributed by atoms with E-state index in [1.165, 1.54) is 24.3 Å². The number of carboxylic acid groups (broad SMARTS) is 1. The van der Waals surface area contributed by atoms with Crippen molar-refractivity contribution in [3.63, 3.8) is 0 Å². The minimum absolute atomic E-state index is 0.0553. The molecular weight excluding hydrogens is 382 g/mol. The van der Waals surface area contributed by atoms with E-state index in [-0.39, 0.29) is 22.5 Å². The maximum Gasteiger partial charge on any atom is 0.335 e. The molecule has 1 aliphatic heterocycles. The number of fused-ring (bicyclic) bond motifs is 1. The predicted octanol–water partition coefficient (Wildman–Crippen LogP) is 4.08. The Balaban J connectivity index is 1.55. The van der Waals surface area contributed by atoms with E-state index in [4.69, 9.17) is 5.11 Å². The molecule has 0 saturated carbocycles. The summed E-state index contributed by atoms with van der Waals surface area (Å²) in [6.07, 6.45) is 3.11. The Morgan fingerprint density at radius 3 is 2.10 bits per heavy atom. The minimum Gasteiger partial charge on any atom is -0.478 e. The Morgan fingerprint density at radius 1 is 0.767 bits per heavy atom. The summed E-state index contributed by atoms with van der Waals surface area (Å²) in [5, 5.41) is 9.10. The van der Waals surface area contributed by atoms with Crippen LogP contribution in [0.15, 0.2) is 78.9 Å². The molecule has 30 heavy (non-hydrogen) atoms. The van der Waals surface area contributed by atoms with Gasteiger partial charge in [-0.25, -0.2) is 9.69 Å². The Labute approximate surface area is 171 Å². The lowest BCUT2D eigenvalue weighted by Crippen LogP contribution is -2.29. The fourth-order valence-electron chi connectivity index (χ4n) is 3.21. The van der Waals surface area contributed by atoms with Crippen LogP contribution in [0.3, 0.4) is 0 Å². The van der Waals surface area contributed by atoms with Gasteiger partial charge in [-0.1, -0.05) is 48.5 Å². The molecule has 1 N–H and O–H groups in total. The third-order valence-electron chi connectivity index (χ3n) is 4.77. The molecule has 0 unspecified atom stereocenters. The first kappa shape index (κ1) is 19.0. The number of anilines is 1. The second kappa shape index (κ2) is 7.60. The molecule has 0 aromatic heterocycles. The zero-order valence-electron chi connectivity index (χ0n) is 15.6. The van der Waals surface area contributed by atoms with E-state index < -0.39 is 17.8 Å². The number of nitrogens with zero attached hydrogens (tertiary/aromatic N) is 1. The van der Waals surface area contributed by atoms with Crippen molar-refractivity contribution in [2.24, 2.45) is 0 Å². The van der Waals surface area contributed by atoms with Crippen LogP contribution in [0.1, 0.15) is 47.0 Å². The highest BCUT2D eigenvalue weighted by Crippen LogP contribution is 2.29. The molecule has 0 saturated heterocycles. The van der Waals surface area contributed by atoms with E-state index in [0.717, 1.165) is 10.5 Å². The molecule has 6 nitrogen and oxygen atoms in total. The van der Waals surface area contributed by atoms with Crippen molar-refractivity contribution < 1.29 is 24.3 Å². The summed E-state index contributed by atoms with van der Waals surface area (Å²) >= 11 is 0. The summed E-state index contributed by atoms with van der Waals surface area (Å²) in [6, 6.07) is 19.3. The predicted molar refractivity (Wildman–Crippen MR) is 111 cm³/mol. The number of aromatic carboxylic acids is 1. The average Bonchev–Trinajstić information content (AvgIpc) is 3.02. The molecule has 6 heteroatoms. The van der Waals surface area contributed by atoms with Crippen molar-refractivity contribution in [1.29, 1.82) is 0 Å². The van der Waals surface area contributed by atoms with Gasteiger partial charge in [0.25, 0.3) is 11.8 Å². The summed E-state index contributed by atoms with van der Waals surface area (Å²) in [6.45, 7) is 0. The molecule has 3 aromatic carbocycles. The van der Waals surface area contributed by atoms with Crippen molar-refractivity contribution in [3.8, 4) is 0 Å². The van der Waals surface area contributed by atoms with Crippen LogP contribution in [0.5, 0.6) is 0 Å². The van der Waals surface area contributed by atoms with E-state index in [1.807, 2.05) is 6.07 Å². The topological polar surface area (TPSA) is 91.8 Å². The number of rotatable bonds is 5. The number of hydrogen-bond acceptors (Lipinski definition) is 4.